The molecule has 0 aliphatic heterocycles. The van der Waals surface area contributed by atoms with Crippen molar-refractivity contribution in [1.82, 2.24) is 4.90 Å². The zero-order valence-corrected chi connectivity index (χ0v) is 12.6. The van der Waals surface area contributed by atoms with Gasteiger partial charge in [-0.25, -0.2) is 0 Å². The SMILES string of the molecule is CN(CCOc1ccccc1O)CCOc1ccccc1O. The lowest BCUT2D eigenvalue weighted by atomic mass is 10.3. The van der Waals surface area contributed by atoms with Crippen molar-refractivity contribution in [2.75, 3.05) is 33.4 Å². The maximum Gasteiger partial charge on any atom is 0.160 e. The van der Waals surface area contributed by atoms with E-state index in [4.69, 9.17) is 9.47 Å². The van der Waals surface area contributed by atoms with Crippen molar-refractivity contribution in [3.63, 3.8) is 0 Å². The molecule has 0 saturated carbocycles. The summed E-state index contributed by atoms with van der Waals surface area (Å²) in [6.45, 7) is 2.37. The second-order valence-corrected chi connectivity index (χ2v) is 4.94. The summed E-state index contributed by atoms with van der Waals surface area (Å²) in [6.07, 6.45) is 0. The van der Waals surface area contributed by atoms with E-state index in [1.165, 1.54) is 0 Å². The summed E-state index contributed by atoms with van der Waals surface area (Å²) in [4.78, 5) is 2.06. The van der Waals surface area contributed by atoms with Crippen LogP contribution in [0, 0.1) is 0 Å². The van der Waals surface area contributed by atoms with Crippen LogP contribution in [0.1, 0.15) is 0 Å². The monoisotopic (exact) mass is 303 g/mol. The Morgan fingerprint density at radius 2 is 1.18 bits per heavy atom. The highest BCUT2D eigenvalue weighted by atomic mass is 16.5. The smallest absolute Gasteiger partial charge is 0.160 e. The molecule has 0 spiro atoms. The van der Waals surface area contributed by atoms with Crippen LogP contribution >= 0.6 is 0 Å². The molecule has 0 bridgehead atoms. The Labute approximate surface area is 130 Å². The van der Waals surface area contributed by atoms with Crippen LogP contribution in [0.25, 0.3) is 0 Å². The Morgan fingerprint density at radius 3 is 1.59 bits per heavy atom. The third-order valence-corrected chi connectivity index (χ3v) is 3.19. The van der Waals surface area contributed by atoms with E-state index in [0.29, 0.717) is 37.8 Å². The lowest BCUT2D eigenvalue weighted by molar-refractivity contribution is 0.197. The number of rotatable bonds is 8. The second-order valence-electron chi connectivity index (χ2n) is 4.94. The molecule has 0 heterocycles. The highest BCUT2D eigenvalue weighted by molar-refractivity contribution is 5.38. The largest absolute Gasteiger partial charge is 0.504 e. The van der Waals surface area contributed by atoms with E-state index in [9.17, 15) is 10.2 Å². The maximum atomic E-state index is 9.59. The predicted octanol–water partition coefficient (Wildman–Crippen LogP) is 2.49. The first-order valence-corrected chi connectivity index (χ1v) is 7.17. The van der Waals surface area contributed by atoms with E-state index in [-0.39, 0.29) is 11.5 Å². The van der Waals surface area contributed by atoms with Crippen molar-refractivity contribution < 1.29 is 19.7 Å². The number of ether oxygens (including phenoxy) is 2. The van der Waals surface area contributed by atoms with Gasteiger partial charge in [-0.05, 0) is 31.3 Å². The van der Waals surface area contributed by atoms with Crippen LogP contribution in [0.15, 0.2) is 48.5 Å². The van der Waals surface area contributed by atoms with Crippen LogP contribution in [-0.4, -0.2) is 48.5 Å². The number of hydrogen-bond donors (Lipinski definition) is 2. The molecule has 2 rings (SSSR count). The quantitative estimate of drug-likeness (QED) is 0.784. The van der Waals surface area contributed by atoms with Crippen molar-refractivity contribution >= 4 is 0 Å². The summed E-state index contributed by atoms with van der Waals surface area (Å²) in [7, 11) is 1.96. The topological polar surface area (TPSA) is 62.2 Å². The second kappa shape index (κ2) is 8.14. The van der Waals surface area contributed by atoms with Gasteiger partial charge in [0.1, 0.15) is 13.2 Å². The first kappa shape index (κ1) is 16.0. The standard InChI is InChI=1S/C17H21NO4/c1-18(10-12-21-16-8-4-2-6-14(16)19)11-13-22-17-9-5-3-7-15(17)20/h2-9,19-20H,10-13H2,1H3. The molecule has 118 valence electrons. The van der Waals surface area contributed by atoms with Gasteiger partial charge in [-0.1, -0.05) is 24.3 Å². The normalized spacial score (nSPS) is 10.6. The number of aromatic hydroxyl groups is 2. The van der Waals surface area contributed by atoms with Gasteiger partial charge in [-0.2, -0.15) is 0 Å². The van der Waals surface area contributed by atoms with Crippen molar-refractivity contribution in [3.8, 4) is 23.0 Å². The lowest BCUT2D eigenvalue weighted by Gasteiger charge is -2.17. The summed E-state index contributed by atoms with van der Waals surface area (Å²) in [5.74, 6) is 1.27. The van der Waals surface area contributed by atoms with Crippen molar-refractivity contribution in [2.24, 2.45) is 0 Å². The van der Waals surface area contributed by atoms with Crippen molar-refractivity contribution in [2.45, 2.75) is 0 Å². The van der Waals surface area contributed by atoms with Crippen LogP contribution in [0.3, 0.4) is 0 Å². The predicted molar refractivity (Wildman–Crippen MR) is 84.7 cm³/mol. The molecule has 0 atom stereocenters. The minimum Gasteiger partial charge on any atom is -0.504 e. The molecule has 22 heavy (non-hydrogen) atoms. The molecule has 0 radical (unpaired) electrons. The Hall–Kier alpha value is -2.40. The van der Waals surface area contributed by atoms with Crippen LogP contribution in [0.4, 0.5) is 0 Å². The summed E-state index contributed by atoms with van der Waals surface area (Å²) in [5.41, 5.74) is 0. The molecule has 5 heteroatoms. The molecule has 5 nitrogen and oxygen atoms in total. The summed E-state index contributed by atoms with van der Waals surface area (Å²) >= 11 is 0. The number of para-hydroxylation sites is 4. The first-order chi connectivity index (χ1) is 10.7. The van der Waals surface area contributed by atoms with Crippen LogP contribution in [0.2, 0.25) is 0 Å². The Bertz CT molecular complexity index is 537. The molecule has 0 amide bonds. The molecule has 0 saturated heterocycles. The first-order valence-electron chi connectivity index (χ1n) is 7.17. The van der Waals surface area contributed by atoms with E-state index < -0.39 is 0 Å². The van der Waals surface area contributed by atoms with Gasteiger partial charge in [0.2, 0.25) is 0 Å². The van der Waals surface area contributed by atoms with Gasteiger partial charge in [0.05, 0.1) is 0 Å². The third-order valence-electron chi connectivity index (χ3n) is 3.19. The Morgan fingerprint density at radius 1 is 0.773 bits per heavy atom. The van der Waals surface area contributed by atoms with E-state index in [1.54, 1.807) is 36.4 Å². The molecule has 2 aromatic carbocycles. The molecule has 0 aliphatic carbocycles. The molecule has 2 N–H and O–H groups in total. The number of benzene rings is 2. The van der Waals surface area contributed by atoms with Crippen LogP contribution < -0.4 is 9.47 Å². The van der Waals surface area contributed by atoms with Crippen LogP contribution in [0.5, 0.6) is 23.0 Å². The number of likely N-dealkylation sites (N-methyl/N-ethyl adjacent to an activating group) is 1. The number of phenols is 2. The average Bonchev–Trinajstić information content (AvgIpc) is 2.51. The Kier molecular flexibility index (Phi) is 5.91. The van der Waals surface area contributed by atoms with Gasteiger partial charge in [0.25, 0.3) is 0 Å². The molecule has 0 aliphatic rings. The molecule has 0 unspecified atom stereocenters. The van der Waals surface area contributed by atoms with Crippen molar-refractivity contribution in [3.05, 3.63) is 48.5 Å². The summed E-state index contributed by atoms with van der Waals surface area (Å²) < 4.78 is 11.0. The number of phenolic OH excluding ortho intramolecular Hbond substituents is 2. The minimum atomic E-state index is 0.146. The van der Waals surface area contributed by atoms with E-state index in [0.717, 1.165) is 0 Å². The number of nitrogens with zero attached hydrogens (tertiary/aromatic N) is 1. The maximum absolute atomic E-state index is 9.59. The minimum absolute atomic E-state index is 0.146. The van der Waals surface area contributed by atoms with Gasteiger partial charge in [-0.3, -0.25) is 4.90 Å². The zero-order chi connectivity index (χ0) is 15.8. The fourth-order valence-electron chi connectivity index (χ4n) is 1.89. The third kappa shape index (κ3) is 4.86. The Balaban J connectivity index is 1.65. The van der Waals surface area contributed by atoms with E-state index in [2.05, 4.69) is 4.90 Å². The molecular weight excluding hydrogens is 282 g/mol. The fraction of sp³-hybridized carbons (Fsp3) is 0.294. The summed E-state index contributed by atoms with van der Waals surface area (Å²) in [6, 6.07) is 13.8. The molecular formula is C17H21NO4. The number of hydrogen-bond acceptors (Lipinski definition) is 5. The van der Waals surface area contributed by atoms with E-state index >= 15 is 0 Å². The lowest BCUT2D eigenvalue weighted by Crippen LogP contribution is -2.28. The van der Waals surface area contributed by atoms with Gasteiger partial charge < -0.3 is 19.7 Å². The van der Waals surface area contributed by atoms with Gasteiger partial charge in [0.15, 0.2) is 23.0 Å². The average molecular weight is 303 g/mol. The molecule has 0 fully saturated rings. The highest BCUT2D eigenvalue weighted by Crippen LogP contribution is 2.24. The summed E-state index contributed by atoms with van der Waals surface area (Å²) in [5, 5.41) is 19.2. The fourth-order valence-corrected chi connectivity index (χ4v) is 1.89. The van der Waals surface area contributed by atoms with E-state index in [1.807, 2.05) is 19.2 Å². The molecule has 0 aromatic heterocycles. The van der Waals surface area contributed by atoms with Gasteiger partial charge >= 0.3 is 0 Å². The molecule has 2 aromatic rings. The van der Waals surface area contributed by atoms with Crippen molar-refractivity contribution in [1.29, 1.82) is 0 Å². The van der Waals surface area contributed by atoms with Crippen LogP contribution in [-0.2, 0) is 0 Å². The van der Waals surface area contributed by atoms with Gasteiger partial charge in [0, 0.05) is 13.1 Å². The highest BCUT2D eigenvalue weighted by Gasteiger charge is 2.04. The van der Waals surface area contributed by atoms with Gasteiger partial charge in [-0.15, -0.1) is 0 Å². The zero-order valence-electron chi connectivity index (χ0n) is 12.6.